The van der Waals surface area contributed by atoms with Crippen LogP contribution in [-0.4, -0.2) is 52.8 Å². The summed E-state index contributed by atoms with van der Waals surface area (Å²) in [4.78, 5) is 6.72. The predicted octanol–water partition coefficient (Wildman–Crippen LogP) is 1.10. The fraction of sp³-hybridized carbons (Fsp3) is 0.786. The molecule has 5 heteroatoms. The Balaban J connectivity index is 1.81. The third kappa shape index (κ3) is 4.93. The Morgan fingerprint density at radius 2 is 2.00 bits per heavy atom. The molecule has 108 valence electrons. The summed E-state index contributed by atoms with van der Waals surface area (Å²) in [5.74, 6) is 0. The standard InChI is InChI=1S/C14H26N4O/c1-14(2,3)16-11-13-10-15-12-18(13)5-4-17-6-8-19-9-7-17/h10,12,16H,4-9,11H2,1-3H3. The van der Waals surface area contributed by atoms with E-state index in [2.05, 4.69) is 40.5 Å². The van der Waals surface area contributed by atoms with Crippen LogP contribution >= 0.6 is 0 Å². The molecule has 0 radical (unpaired) electrons. The Morgan fingerprint density at radius 3 is 2.68 bits per heavy atom. The summed E-state index contributed by atoms with van der Waals surface area (Å²) in [6.45, 7) is 13.3. The van der Waals surface area contributed by atoms with Crippen LogP contribution in [0.2, 0.25) is 0 Å². The van der Waals surface area contributed by atoms with Gasteiger partial charge in [-0.3, -0.25) is 4.90 Å². The summed E-state index contributed by atoms with van der Waals surface area (Å²) in [6, 6.07) is 0. The fourth-order valence-corrected chi connectivity index (χ4v) is 2.13. The summed E-state index contributed by atoms with van der Waals surface area (Å²) < 4.78 is 7.61. The molecule has 0 amide bonds. The quantitative estimate of drug-likeness (QED) is 0.867. The topological polar surface area (TPSA) is 42.3 Å². The van der Waals surface area contributed by atoms with Gasteiger partial charge in [0.15, 0.2) is 0 Å². The number of hydrogen-bond donors (Lipinski definition) is 1. The largest absolute Gasteiger partial charge is 0.379 e. The number of imidazole rings is 1. The van der Waals surface area contributed by atoms with E-state index in [9.17, 15) is 0 Å². The molecular weight excluding hydrogens is 240 g/mol. The molecule has 0 aliphatic carbocycles. The van der Waals surface area contributed by atoms with E-state index < -0.39 is 0 Å². The molecule has 0 aromatic carbocycles. The number of nitrogens with zero attached hydrogens (tertiary/aromatic N) is 3. The molecule has 1 saturated heterocycles. The van der Waals surface area contributed by atoms with Crippen LogP contribution in [0.5, 0.6) is 0 Å². The zero-order chi connectivity index (χ0) is 13.7. The highest BCUT2D eigenvalue weighted by Crippen LogP contribution is 2.05. The average Bonchev–Trinajstić information content (AvgIpc) is 2.82. The lowest BCUT2D eigenvalue weighted by Gasteiger charge is -2.27. The Hall–Kier alpha value is -0.910. The lowest BCUT2D eigenvalue weighted by atomic mass is 10.1. The molecule has 1 fully saturated rings. The normalized spacial score (nSPS) is 17.8. The Kier molecular flexibility index (Phi) is 4.96. The Bertz CT molecular complexity index is 377. The maximum absolute atomic E-state index is 5.37. The number of morpholine rings is 1. The van der Waals surface area contributed by atoms with Crippen molar-refractivity contribution in [3.05, 3.63) is 18.2 Å². The number of aromatic nitrogens is 2. The monoisotopic (exact) mass is 266 g/mol. The van der Waals surface area contributed by atoms with Crippen LogP contribution in [0.25, 0.3) is 0 Å². The van der Waals surface area contributed by atoms with Gasteiger partial charge in [0.2, 0.25) is 0 Å². The smallest absolute Gasteiger partial charge is 0.0949 e. The van der Waals surface area contributed by atoms with Gasteiger partial charge in [-0.25, -0.2) is 4.98 Å². The third-order valence-corrected chi connectivity index (χ3v) is 3.36. The van der Waals surface area contributed by atoms with Crippen LogP contribution in [0.15, 0.2) is 12.5 Å². The van der Waals surface area contributed by atoms with E-state index in [0.717, 1.165) is 45.9 Å². The highest BCUT2D eigenvalue weighted by molar-refractivity contribution is 4.99. The van der Waals surface area contributed by atoms with Gasteiger partial charge in [0.25, 0.3) is 0 Å². The van der Waals surface area contributed by atoms with E-state index in [1.165, 1.54) is 5.69 Å². The molecule has 1 aromatic rings. The maximum atomic E-state index is 5.37. The molecule has 2 heterocycles. The summed E-state index contributed by atoms with van der Waals surface area (Å²) >= 11 is 0. The van der Waals surface area contributed by atoms with Crippen LogP contribution in [0.3, 0.4) is 0 Å². The molecule has 0 atom stereocenters. The summed E-state index contributed by atoms with van der Waals surface area (Å²) in [5.41, 5.74) is 1.39. The molecule has 0 spiro atoms. The predicted molar refractivity (Wildman–Crippen MR) is 76.1 cm³/mol. The molecule has 1 N–H and O–H groups in total. The number of nitrogens with one attached hydrogen (secondary N) is 1. The van der Waals surface area contributed by atoms with Gasteiger partial charge in [-0.15, -0.1) is 0 Å². The minimum atomic E-state index is 0.138. The molecule has 2 rings (SSSR count). The van der Waals surface area contributed by atoms with Crippen molar-refractivity contribution in [3.63, 3.8) is 0 Å². The lowest BCUT2D eigenvalue weighted by Crippen LogP contribution is -2.38. The van der Waals surface area contributed by atoms with Gasteiger partial charge >= 0.3 is 0 Å². The van der Waals surface area contributed by atoms with Crippen LogP contribution in [-0.2, 0) is 17.8 Å². The zero-order valence-electron chi connectivity index (χ0n) is 12.4. The molecule has 0 unspecified atom stereocenters. The maximum Gasteiger partial charge on any atom is 0.0949 e. The lowest BCUT2D eigenvalue weighted by molar-refractivity contribution is 0.0363. The molecule has 19 heavy (non-hydrogen) atoms. The van der Waals surface area contributed by atoms with Crippen LogP contribution in [0, 0.1) is 0 Å². The Morgan fingerprint density at radius 1 is 1.26 bits per heavy atom. The number of rotatable bonds is 5. The Labute approximate surface area is 116 Å². The molecule has 5 nitrogen and oxygen atoms in total. The van der Waals surface area contributed by atoms with Crippen molar-refractivity contribution in [2.24, 2.45) is 0 Å². The van der Waals surface area contributed by atoms with Crippen LogP contribution < -0.4 is 5.32 Å². The highest BCUT2D eigenvalue weighted by Gasteiger charge is 2.12. The second-order valence-electron chi connectivity index (χ2n) is 6.14. The SMILES string of the molecule is CC(C)(C)NCc1cncn1CCN1CCOCC1. The van der Waals surface area contributed by atoms with Gasteiger partial charge in [-0.1, -0.05) is 0 Å². The van der Waals surface area contributed by atoms with E-state index in [0.29, 0.717) is 0 Å². The minimum absolute atomic E-state index is 0.138. The van der Waals surface area contributed by atoms with E-state index in [1.54, 1.807) is 0 Å². The molecule has 0 saturated carbocycles. The van der Waals surface area contributed by atoms with Crippen molar-refractivity contribution in [3.8, 4) is 0 Å². The first-order chi connectivity index (χ1) is 9.04. The van der Waals surface area contributed by atoms with Crippen molar-refractivity contribution >= 4 is 0 Å². The minimum Gasteiger partial charge on any atom is -0.379 e. The molecule has 1 aliphatic rings. The van der Waals surface area contributed by atoms with Gasteiger partial charge in [-0.05, 0) is 20.8 Å². The second-order valence-corrected chi connectivity index (χ2v) is 6.14. The highest BCUT2D eigenvalue weighted by atomic mass is 16.5. The van der Waals surface area contributed by atoms with E-state index in [-0.39, 0.29) is 5.54 Å². The van der Waals surface area contributed by atoms with Crippen LogP contribution in [0.1, 0.15) is 26.5 Å². The molecule has 1 aromatic heterocycles. The van der Waals surface area contributed by atoms with Gasteiger partial charge in [0.1, 0.15) is 0 Å². The summed E-state index contributed by atoms with van der Waals surface area (Å²) in [6.07, 6.45) is 3.89. The number of ether oxygens (including phenoxy) is 1. The van der Waals surface area contributed by atoms with Crippen molar-refractivity contribution in [1.82, 2.24) is 19.8 Å². The first-order valence-corrected chi connectivity index (χ1v) is 7.09. The molecule has 0 bridgehead atoms. The van der Waals surface area contributed by atoms with E-state index >= 15 is 0 Å². The third-order valence-electron chi connectivity index (χ3n) is 3.36. The summed E-state index contributed by atoms with van der Waals surface area (Å²) in [5, 5.41) is 3.51. The van der Waals surface area contributed by atoms with Crippen molar-refractivity contribution in [1.29, 1.82) is 0 Å². The van der Waals surface area contributed by atoms with E-state index in [4.69, 9.17) is 4.74 Å². The number of hydrogen-bond acceptors (Lipinski definition) is 4. The molecular formula is C14H26N4O. The van der Waals surface area contributed by atoms with Crippen molar-refractivity contribution < 1.29 is 4.74 Å². The fourth-order valence-electron chi connectivity index (χ4n) is 2.13. The average molecular weight is 266 g/mol. The van der Waals surface area contributed by atoms with Gasteiger partial charge < -0.3 is 14.6 Å². The van der Waals surface area contributed by atoms with Gasteiger partial charge in [-0.2, -0.15) is 0 Å². The van der Waals surface area contributed by atoms with Gasteiger partial charge in [0.05, 0.1) is 25.2 Å². The van der Waals surface area contributed by atoms with Crippen molar-refractivity contribution in [2.75, 3.05) is 32.8 Å². The summed E-state index contributed by atoms with van der Waals surface area (Å²) in [7, 11) is 0. The second kappa shape index (κ2) is 6.50. The van der Waals surface area contributed by atoms with E-state index in [1.807, 2.05) is 12.5 Å². The first kappa shape index (κ1) is 14.5. The molecule has 1 aliphatic heterocycles. The van der Waals surface area contributed by atoms with Gasteiger partial charge in [0, 0.05) is 44.5 Å². The first-order valence-electron chi connectivity index (χ1n) is 7.09. The van der Waals surface area contributed by atoms with Crippen molar-refractivity contribution in [2.45, 2.75) is 39.4 Å². The zero-order valence-corrected chi connectivity index (χ0v) is 12.4. The van der Waals surface area contributed by atoms with Crippen LogP contribution in [0.4, 0.5) is 0 Å².